The fraction of sp³-hybridized carbons (Fsp3) is 0.333. The van der Waals surface area contributed by atoms with Gasteiger partial charge in [0.25, 0.3) is 5.91 Å². The number of piperidine rings is 1. The third kappa shape index (κ3) is 5.08. The van der Waals surface area contributed by atoms with Crippen LogP contribution in [0.25, 0.3) is 0 Å². The van der Waals surface area contributed by atoms with Crippen molar-refractivity contribution in [2.24, 2.45) is 0 Å². The van der Waals surface area contributed by atoms with Gasteiger partial charge in [0, 0.05) is 35.3 Å². The van der Waals surface area contributed by atoms with Crippen LogP contribution in [0.2, 0.25) is 5.02 Å². The second-order valence-electron chi connectivity index (χ2n) is 6.62. The van der Waals surface area contributed by atoms with Crippen LogP contribution in [0.4, 0.5) is 0 Å². The number of ether oxygens (including phenoxy) is 1. The average molecular weight is 387 g/mol. The molecule has 1 unspecified atom stereocenters. The number of hydrogen-bond acceptors (Lipinski definition) is 4. The van der Waals surface area contributed by atoms with Crippen LogP contribution in [-0.4, -0.2) is 49.4 Å². The molecule has 0 radical (unpaired) electrons. The van der Waals surface area contributed by atoms with Crippen LogP contribution in [0.5, 0.6) is 5.75 Å². The van der Waals surface area contributed by atoms with Crippen molar-refractivity contribution < 1.29 is 14.3 Å². The Morgan fingerprint density at radius 1 is 1.11 bits per heavy atom. The zero-order valence-electron chi connectivity index (χ0n) is 15.3. The van der Waals surface area contributed by atoms with Crippen LogP contribution < -0.4 is 10.1 Å². The number of benzene rings is 2. The van der Waals surface area contributed by atoms with Gasteiger partial charge in [0.15, 0.2) is 12.4 Å². The second kappa shape index (κ2) is 9.02. The van der Waals surface area contributed by atoms with Crippen LogP contribution >= 0.6 is 11.6 Å². The molecule has 1 aliphatic heterocycles. The summed E-state index contributed by atoms with van der Waals surface area (Å²) in [6, 6.07) is 14.0. The molecule has 1 aliphatic rings. The van der Waals surface area contributed by atoms with Gasteiger partial charge in [-0.1, -0.05) is 11.6 Å². The number of hydrogen-bond donors (Lipinski definition) is 1. The van der Waals surface area contributed by atoms with Crippen molar-refractivity contribution in [2.45, 2.75) is 18.9 Å². The standard InChI is InChI=1S/C21H23ClN2O3/c1-23-18-3-2-12-24(13-18)20(25)14-27-19-10-6-16(7-11-19)21(26)15-4-8-17(22)9-5-15/h4-11,18,23H,2-3,12-14H2,1H3. The Balaban J connectivity index is 1.55. The van der Waals surface area contributed by atoms with Crippen molar-refractivity contribution in [3.05, 3.63) is 64.7 Å². The lowest BCUT2D eigenvalue weighted by atomic mass is 10.0. The van der Waals surface area contributed by atoms with E-state index < -0.39 is 0 Å². The van der Waals surface area contributed by atoms with Crippen LogP contribution in [-0.2, 0) is 4.79 Å². The highest BCUT2D eigenvalue weighted by molar-refractivity contribution is 6.30. The molecule has 2 aromatic carbocycles. The Bertz CT molecular complexity index is 790. The minimum absolute atomic E-state index is 0.000904. The van der Waals surface area contributed by atoms with Crippen LogP contribution in [0.3, 0.4) is 0 Å². The maximum atomic E-state index is 12.5. The molecule has 142 valence electrons. The van der Waals surface area contributed by atoms with Crippen molar-refractivity contribution in [3.63, 3.8) is 0 Å². The van der Waals surface area contributed by atoms with Gasteiger partial charge in [0.1, 0.15) is 5.75 Å². The van der Waals surface area contributed by atoms with Gasteiger partial charge in [0.05, 0.1) is 0 Å². The van der Waals surface area contributed by atoms with E-state index in [-0.39, 0.29) is 18.3 Å². The fourth-order valence-electron chi connectivity index (χ4n) is 3.15. The summed E-state index contributed by atoms with van der Waals surface area (Å²) in [4.78, 5) is 26.6. The van der Waals surface area contributed by atoms with E-state index in [0.29, 0.717) is 34.5 Å². The molecule has 5 nitrogen and oxygen atoms in total. The number of ketones is 1. The summed E-state index contributed by atoms with van der Waals surface area (Å²) < 4.78 is 5.61. The molecule has 1 fully saturated rings. The number of nitrogens with one attached hydrogen (secondary N) is 1. The van der Waals surface area contributed by atoms with Gasteiger partial charge in [-0.05, 0) is 68.4 Å². The molecule has 27 heavy (non-hydrogen) atoms. The SMILES string of the molecule is CNC1CCCN(C(=O)COc2ccc(C(=O)c3ccc(Cl)cc3)cc2)C1. The molecule has 1 amide bonds. The molecular formula is C21H23ClN2O3. The van der Waals surface area contributed by atoms with E-state index >= 15 is 0 Å². The molecule has 0 bridgehead atoms. The maximum absolute atomic E-state index is 12.5. The highest BCUT2D eigenvalue weighted by Gasteiger charge is 2.22. The summed E-state index contributed by atoms with van der Waals surface area (Å²) >= 11 is 5.85. The highest BCUT2D eigenvalue weighted by Crippen LogP contribution is 2.18. The summed E-state index contributed by atoms with van der Waals surface area (Å²) in [5.41, 5.74) is 1.14. The highest BCUT2D eigenvalue weighted by atomic mass is 35.5. The summed E-state index contributed by atoms with van der Waals surface area (Å²) in [6.45, 7) is 1.49. The quantitative estimate of drug-likeness (QED) is 0.775. The first-order valence-corrected chi connectivity index (χ1v) is 9.43. The fourth-order valence-corrected chi connectivity index (χ4v) is 3.27. The number of likely N-dealkylation sites (N-methyl/N-ethyl adjacent to an activating group) is 1. The van der Waals surface area contributed by atoms with Crippen LogP contribution in [0.15, 0.2) is 48.5 Å². The zero-order valence-corrected chi connectivity index (χ0v) is 16.0. The zero-order chi connectivity index (χ0) is 19.2. The van der Waals surface area contributed by atoms with Crippen molar-refractivity contribution >= 4 is 23.3 Å². The van der Waals surface area contributed by atoms with Crippen LogP contribution in [0, 0.1) is 0 Å². The molecular weight excluding hydrogens is 364 g/mol. The molecule has 2 aromatic rings. The Hall–Kier alpha value is -2.37. The summed E-state index contributed by atoms with van der Waals surface area (Å²) in [7, 11) is 1.92. The lowest BCUT2D eigenvalue weighted by Crippen LogP contribution is -2.48. The van der Waals surface area contributed by atoms with Crippen molar-refractivity contribution in [1.29, 1.82) is 0 Å². The van der Waals surface area contributed by atoms with Gasteiger partial charge < -0.3 is 15.0 Å². The monoisotopic (exact) mass is 386 g/mol. The van der Waals surface area contributed by atoms with Gasteiger partial charge in [-0.2, -0.15) is 0 Å². The summed E-state index contributed by atoms with van der Waals surface area (Å²) in [6.07, 6.45) is 2.09. The van der Waals surface area contributed by atoms with E-state index in [1.54, 1.807) is 48.5 Å². The molecule has 0 spiro atoms. The summed E-state index contributed by atoms with van der Waals surface area (Å²) in [5.74, 6) is 0.468. The van der Waals surface area contributed by atoms with E-state index in [1.165, 1.54) is 0 Å². The topological polar surface area (TPSA) is 58.6 Å². The third-order valence-corrected chi connectivity index (χ3v) is 5.02. The smallest absolute Gasteiger partial charge is 0.260 e. The molecule has 0 aliphatic carbocycles. The van der Waals surface area contributed by atoms with Gasteiger partial charge in [-0.3, -0.25) is 9.59 Å². The minimum Gasteiger partial charge on any atom is -0.484 e. The molecule has 1 N–H and O–H groups in total. The van der Waals surface area contributed by atoms with E-state index in [4.69, 9.17) is 16.3 Å². The van der Waals surface area contributed by atoms with E-state index in [9.17, 15) is 9.59 Å². The maximum Gasteiger partial charge on any atom is 0.260 e. The molecule has 1 heterocycles. The average Bonchev–Trinajstić information content (AvgIpc) is 2.72. The number of halogens is 1. The predicted molar refractivity (Wildman–Crippen MR) is 105 cm³/mol. The number of carbonyl (C=O) groups is 2. The Morgan fingerprint density at radius 3 is 2.37 bits per heavy atom. The summed E-state index contributed by atoms with van der Waals surface area (Å²) in [5, 5.41) is 3.81. The Morgan fingerprint density at radius 2 is 1.74 bits per heavy atom. The number of rotatable bonds is 6. The third-order valence-electron chi connectivity index (χ3n) is 4.77. The predicted octanol–water partition coefficient (Wildman–Crippen LogP) is 3.16. The largest absolute Gasteiger partial charge is 0.484 e. The molecule has 0 saturated carbocycles. The van der Waals surface area contributed by atoms with Gasteiger partial charge in [-0.25, -0.2) is 0 Å². The minimum atomic E-state index is -0.0827. The number of amides is 1. The van der Waals surface area contributed by atoms with Crippen LogP contribution in [0.1, 0.15) is 28.8 Å². The number of nitrogens with zero attached hydrogens (tertiary/aromatic N) is 1. The van der Waals surface area contributed by atoms with Crippen molar-refractivity contribution in [2.75, 3.05) is 26.7 Å². The molecule has 1 atom stereocenters. The Kier molecular flexibility index (Phi) is 6.48. The van der Waals surface area contributed by atoms with E-state index in [1.807, 2.05) is 11.9 Å². The van der Waals surface area contributed by atoms with Crippen molar-refractivity contribution in [1.82, 2.24) is 10.2 Å². The van der Waals surface area contributed by atoms with E-state index in [0.717, 1.165) is 19.4 Å². The second-order valence-corrected chi connectivity index (χ2v) is 7.05. The Labute approximate surface area is 164 Å². The van der Waals surface area contributed by atoms with Gasteiger partial charge >= 0.3 is 0 Å². The molecule has 3 rings (SSSR count). The van der Waals surface area contributed by atoms with E-state index in [2.05, 4.69) is 5.32 Å². The lowest BCUT2D eigenvalue weighted by molar-refractivity contribution is -0.134. The number of likely N-dealkylation sites (tertiary alicyclic amines) is 1. The first-order valence-electron chi connectivity index (χ1n) is 9.05. The first-order chi connectivity index (χ1) is 13.1. The first kappa shape index (κ1) is 19.4. The van der Waals surface area contributed by atoms with Gasteiger partial charge in [-0.15, -0.1) is 0 Å². The normalized spacial score (nSPS) is 16.8. The molecule has 1 saturated heterocycles. The van der Waals surface area contributed by atoms with Crippen molar-refractivity contribution in [3.8, 4) is 5.75 Å². The molecule has 6 heteroatoms. The number of carbonyl (C=O) groups excluding carboxylic acids is 2. The lowest BCUT2D eigenvalue weighted by Gasteiger charge is -2.32. The van der Waals surface area contributed by atoms with Gasteiger partial charge in [0.2, 0.25) is 0 Å². The molecule has 0 aromatic heterocycles.